The Balaban J connectivity index is 1.53. The van der Waals surface area contributed by atoms with E-state index in [9.17, 15) is 8.42 Å². The summed E-state index contributed by atoms with van der Waals surface area (Å²) in [6.45, 7) is 3.09. The van der Waals surface area contributed by atoms with Crippen LogP contribution in [-0.4, -0.2) is 24.9 Å². The Labute approximate surface area is 152 Å². The summed E-state index contributed by atoms with van der Waals surface area (Å²) >= 11 is 0. The normalized spacial score (nSPS) is 16.0. The number of sulfone groups is 1. The summed E-state index contributed by atoms with van der Waals surface area (Å²) in [4.78, 5) is 6.27. The molecule has 1 aromatic carbocycles. The second-order valence-electron chi connectivity index (χ2n) is 6.27. The van der Waals surface area contributed by atoms with Crippen LogP contribution < -0.4 is 0 Å². The molecule has 0 amide bonds. The van der Waals surface area contributed by atoms with Gasteiger partial charge in [0.05, 0.1) is 4.90 Å². The van der Waals surface area contributed by atoms with Crippen molar-refractivity contribution in [2.24, 2.45) is 0 Å². The first-order chi connectivity index (χ1) is 12.5. The largest absolute Gasteiger partial charge is 0.487 e. The summed E-state index contributed by atoms with van der Waals surface area (Å²) in [7, 11) is -3.60. The van der Waals surface area contributed by atoms with Crippen molar-refractivity contribution in [3.8, 4) is 0 Å². The number of aryl methyl sites for hydroxylation is 1. The zero-order valence-corrected chi connectivity index (χ0v) is 15.1. The topological polar surface area (TPSA) is 59.5 Å². The molecule has 0 fully saturated rings. The zero-order chi connectivity index (χ0) is 18.1. The van der Waals surface area contributed by atoms with Crippen LogP contribution in [0.2, 0.25) is 0 Å². The maximum Gasteiger partial charge on any atom is 0.223 e. The number of hydrogen-bond donors (Lipinski definition) is 0. The number of benzene rings is 1. The first-order valence-corrected chi connectivity index (χ1v) is 9.76. The third kappa shape index (κ3) is 3.15. The summed E-state index contributed by atoms with van der Waals surface area (Å²) in [5.74, 6) is 0.872. The first kappa shape index (κ1) is 16.6. The molecule has 6 heteroatoms. The highest BCUT2D eigenvalue weighted by molar-refractivity contribution is 7.91. The molecule has 2 aliphatic heterocycles. The van der Waals surface area contributed by atoms with Crippen LogP contribution in [0.4, 0.5) is 0 Å². The second-order valence-corrected chi connectivity index (χ2v) is 8.17. The molecule has 2 aromatic rings. The lowest BCUT2D eigenvalue weighted by atomic mass is 10.1. The molecule has 1 aromatic heterocycles. The van der Waals surface area contributed by atoms with Crippen LogP contribution in [-0.2, 0) is 21.1 Å². The van der Waals surface area contributed by atoms with Gasteiger partial charge in [0, 0.05) is 30.7 Å². The van der Waals surface area contributed by atoms with Crippen molar-refractivity contribution in [1.29, 1.82) is 0 Å². The molecule has 0 unspecified atom stereocenters. The summed E-state index contributed by atoms with van der Waals surface area (Å²) < 4.78 is 30.9. The lowest BCUT2D eigenvalue weighted by Crippen LogP contribution is -2.13. The quantitative estimate of drug-likeness (QED) is 0.830. The van der Waals surface area contributed by atoms with Crippen molar-refractivity contribution in [1.82, 2.24) is 9.88 Å². The minimum Gasteiger partial charge on any atom is -0.487 e. The fraction of sp³-hybridized carbons (Fsp3) is 0.150. The number of allylic oxidation sites excluding steroid dienone is 1. The lowest BCUT2D eigenvalue weighted by molar-refractivity contribution is 0.265. The molecule has 4 rings (SSSR count). The Morgan fingerprint density at radius 3 is 2.77 bits per heavy atom. The molecule has 26 heavy (non-hydrogen) atoms. The van der Waals surface area contributed by atoms with Gasteiger partial charge in [0.25, 0.3) is 0 Å². The van der Waals surface area contributed by atoms with Gasteiger partial charge in [-0.05, 0) is 54.5 Å². The van der Waals surface area contributed by atoms with Crippen LogP contribution in [0.5, 0.6) is 0 Å². The molecular weight excluding hydrogens is 348 g/mol. The van der Waals surface area contributed by atoms with Crippen LogP contribution in [0.1, 0.15) is 11.1 Å². The molecule has 0 N–H and O–H groups in total. The molecule has 0 spiro atoms. The van der Waals surface area contributed by atoms with E-state index in [1.54, 1.807) is 24.3 Å². The summed E-state index contributed by atoms with van der Waals surface area (Å²) in [6, 6.07) is 10.3. The summed E-state index contributed by atoms with van der Waals surface area (Å²) in [5.41, 5.74) is 2.98. The maximum absolute atomic E-state index is 12.7. The molecule has 0 aliphatic carbocycles. The van der Waals surface area contributed by atoms with Gasteiger partial charge in [0.15, 0.2) is 5.03 Å². The number of nitrogens with zero attached hydrogens (tertiary/aromatic N) is 2. The molecule has 0 saturated carbocycles. The van der Waals surface area contributed by atoms with E-state index >= 15 is 0 Å². The molecule has 0 atom stereocenters. The molecule has 2 aliphatic rings. The molecule has 132 valence electrons. The van der Waals surface area contributed by atoms with Gasteiger partial charge in [-0.3, -0.25) is 0 Å². The average molecular weight is 366 g/mol. The minimum atomic E-state index is -3.60. The first-order valence-electron chi connectivity index (χ1n) is 8.28. The molecule has 3 heterocycles. The SMILES string of the molecule is Cc1ccnc(S(=O)(=O)c2ccc(CN3C=CC4=CCOC4=C3)cc2)c1. The van der Waals surface area contributed by atoms with Gasteiger partial charge in [-0.1, -0.05) is 12.1 Å². The predicted molar refractivity (Wildman–Crippen MR) is 97.7 cm³/mol. The zero-order valence-electron chi connectivity index (χ0n) is 14.3. The van der Waals surface area contributed by atoms with Gasteiger partial charge >= 0.3 is 0 Å². The van der Waals surface area contributed by atoms with Crippen LogP contribution >= 0.6 is 0 Å². The highest BCUT2D eigenvalue weighted by Gasteiger charge is 2.20. The van der Waals surface area contributed by atoms with Crippen LogP contribution in [0.25, 0.3) is 0 Å². The number of rotatable bonds is 4. The van der Waals surface area contributed by atoms with Gasteiger partial charge in [-0.25, -0.2) is 13.4 Å². The Bertz CT molecular complexity index is 1030. The lowest BCUT2D eigenvalue weighted by Gasteiger charge is -2.20. The van der Waals surface area contributed by atoms with Crippen molar-refractivity contribution in [2.75, 3.05) is 6.61 Å². The highest BCUT2D eigenvalue weighted by Crippen LogP contribution is 2.26. The Morgan fingerprint density at radius 1 is 1.19 bits per heavy atom. The van der Waals surface area contributed by atoms with Crippen molar-refractivity contribution < 1.29 is 13.2 Å². The Kier molecular flexibility index (Phi) is 4.12. The average Bonchev–Trinajstić information content (AvgIpc) is 3.10. The van der Waals surface area contributed by atoms with Gasteiger partial charge in [0.1, 0.15) is 12.4 Å². The van der Waals surface area contributed by atoms with E-state index in [1.807, 2.05) is 48.5 Å². The van der Waals surface area contributed by atoms with Crippen molar-refractivity contribution in [2.45, 2.75) is 23.4 Å². The smallest absolute Gasteiger partial charge is 0.223 e. The standard InChI is InChI=1S/C20H18N2O3S/c1-15-6-9-21-20(12-15)26(23,24)18-4-2-16(3-5-18)13-22-10-7-17-8-11-25-19(17)14-22/h2-10,12,14H,11,13H2,1H3. The summed E-state index contributed by atoms with van der Waals surface area (Å²) in [5, 5.41) is 0.0756. The molecule has 5 nitrogen and oxygen atoms in total. The molecule has 0 saturated heterocycles. The highest BCUT2D eigenvalue weighted by atomic mass is 32.2. The van der Waals surface area contributed by atoms with Crippen LogP contribution in [0.15, 0.2) is 88.4 Å². The van der Waals surface area contributed by atoms with E-state index in [1.165, 1.54) is 6.20 Å². The van der Waals surface area contributed by atoms with E-state index in [4.69, 9.17) is 4.74 Å². The third-order valence-electron chi connectivity index (χ3n) is 4.32. The van der Waals surface area contributed by atoms with E-state index in [0.29, 0.717) is 13.2 Å². The Morgan fingerprint density at radius 2 is 2.00 bits per heavy atom. The van der Waals surface area contributed by atoms with Crippen LogP contribution in [0, 0.1) is 6.92 Å². The maximum atomic E-state index is 12.7. The Hall–Kier alpha value is -2.86. The van der Waals surface area contributed by atoms with Gasteiger partial charge in [0.2, 0.25) is 9.84 Å². The van der Waals surface area contributed by atoms with E-state index < -0.39 is 9.84 Å². The number of hydrogen-bond acceptors (Lipinski definition) is 5. The van der Waals surface area contributed by atoms with Crippen LogP contribution in [0.3, 0.4) is 0 Å². The molecule has 0 radical (unpaired) electrons. The summed E-state index contributed by atoms with van der Waals surface area (Å²) in [6.07, 6.45) is 9.52. The van der Waals surface area contributed by atoms with Crippen molar-refractivity contribution in [3.63, 3.8) is 0 Å². The number of aromatic nitrogens is 1. The van der Waals surface area contributed by atoms with Gasteiger partial charge < -0.3 is 9.64 Å². The second kappa shape index (κ2) is 6.46. The number of ether oxygens (including phenoxy) is 1. The van der Waals surface area contributed by atoms with Crippen molar-refractivity contribution in [3.05, 3.63) is 89.6 Å². The fourth-order valence-corrected chi connectivity index (χ4v) is 4.17. The monoisotopic (exact) mass is 366 g/mol. The van der Waals surface area contributed by atoms with Gasteiger partial charge in [-0.2, -0.15) is 0 Å². The van der Waals surface area contributed by atoms with Gasteiger partial charge in [-0.15, -0.1) is 0 Å². The number of fused-ring (bicyclic) bond motifs is 1. The van der Waals surface area contributed by atoms with E-state index in [2.05, 4.69) is 4.98 Å². The predicted octanol–water partition coefficient (Wildman–Crippen LogP) is 3.35. The van der Waals surface area contributed by atoms with Crippen molar-refractivity contribution >= 4 is 9.84 Å². The van der Waals surface area contributed by atoms with E-state index in [-0.39, 0.29) is 9.92 Å². The minimum absolute atomic E-state index is 0.0756. The fourth-order valence-electron chi connectivity index (χ4n) is 2.90. The number of pyridine rings is 1. The molecular formula is C20H18N2O3S. The van der Waals surface area contributed by atoms with E-state index in [0.717, 1.165) is 22.5 Å². The molecule has 0 bridgehead atoms. The third-order valence-corrected chi connectivity index (χ3v) is 5.99.